The average Bonchev–Trinajstić information content (AvgIpc) is 2.54. The first-order valence-corrected chi connectivity index (χ1v) is 7.57. The number of ether oxygens (including phenoxy) is 1. The fraction of sp³-hybridized carbons (Fsp3) is 0.316. The Morgan fingerprint density at radius 1 is 1.14 bits per heavy atom. The van der Waals surface area contributed by atoms with E-state index in [0.29, 0.717) is 18.8 Å². The van der Waals surface area contributed by atoms with Crippen LogP contribution >= 0.6 is 0 Å². The summed E-state index contributed by atoms with van der Waals surface area (Å²) in [6.07, 6.45) is 1.42. The van der Waals surface area contributed by atoms with Gasteiger partial charge in [0.15, 0.2) is 0 Å². The largest absolute Gasteiger partial charge is 0.489 e. The van der Waals surface area contributed by atoms with Gasteiger partial charge >= 0.3 is 5.97 Å². The molecule has 1 atom stereocenters. The van der Waals surface area contributed by atoms with Crippen LogP contribution in [0.1, 0.15) is 37.8 Å². The van der Waals surface area contributed by atoms with Gasteiger partial charge in [0.2, 0.25) is 0 Å². The van der Waals surface area contributed by atoms with E-state index in [0.717, 1.165) is 17.5 Å². The van der Waals surface area contributed by atoms with E-state index in [1.54, 1.807) is 6.92 Å². The Morgan fingerprint density at radius 3 is 2.50 bits per heavy atom. The topological polar surface area (TPSA) is 46.5 Å². The number of carbonyl (C=O) groups is 1. The minimum Gasteiger partial charge on any atom is -0.489 e. The molecule has 0 heterocycles. The van der Waals surface area contributed by atoms with Crippen molar-refractivity contribution in [3.05, 3.63) is 65.7 Å². The lowest BCUT2D eigenvalue weighted by Crippen LogP contribution is -2.32. The quantitative estimate of drug-likeness (QED) is 0.823. The fourth-order valence-corrected chi connectivity index (χ4v) is 2.54. The molecule has 3 nitrogen and oxygen atoms in total. The zero-order valence-electron chi connectivity index (χ0n) is 13.1. The molecule has 2 aromatic carbocycles. The number of carboxylic acids is 1. The zero-order chi connectivity index (χ0) is 16.0. The van der Waals surface area contributed by atoms with Crippen LogP contribution in [0, 0.1) is 0 Å². The molecule has 0 saturated carbocycles. The van der Waals surface area contributed by atoms with Gasteiger partial charge in [0, 0.05) is 0 Å². The highest BCUT2D eigenvalue weighted by Crippen LogP contribution is 2.31. The summed E-state index contributed by atoms with van der Waals surface area (Å²) in [5.41, 5.74) is 0.996. The van der Waals surface area contributed by atoms with E-state index >= 15 is 0 Å². The van der Waals surface area contributed by atoms with Crippen LogP contribution in [0.3, 0.4) is 0 Å². The van der Waals surface area contributed by atoms with Gasteiger partial charge in [0.25, 0.3) is 0 Å². The van der Waals surface area contributed by atoms with Gasteiger partial charge in [-0.1, -0.05) is 55.8 Å². The van der Waals surface area contributed by atoms with E-state index in [-0.39, 0.29) is 0 Å². The maximum absolute atomic E-state index is 11.7. The number of hydrogen-bond acceptors (Lipinski definition) is 2. The van der Waals surface area contributed by atoms with Gasteiger partial charge in [-0.25, -0.2) is 0 Å². The smallest absolute Gasteiger partial charge is 0.313 e. The maximum Gasteiger partial charge on any atom is 0.313 e. The molecule has 116 valence electrons. The Labute approximate surface area is 131 Å². The lowest BCUT2D eigenvalue weighted by Gasteiger charge is -2.25. The Hall–Kier alpha value is -2.29. The van der Waals surface area contributed by atoms with Gasteiger partial charge in [-0.3, -0.25) is 4.79 Å². The van der Waals surface area contributed by atoms with Gasteiger partial charge in [-0.15, -0.1) is 0 Å². The van der Waals surface area contributed by atoms with Crippen LogP contribution in [-0.4, -0.2) is 11.1 Å². The number of benzene rings is 2. The molecular formula is C19H22O3. The average molecular weight is 298 g/mol. The van der Waals surface area contributed by atoms with Crippen molar-refractivity contribution >= 4 is 5.97 Å². The molecule has 22 heavy (non-hydrogen) atoms. The molecule has 0 saturated heterocycles. The van der Waals surface area contributed by atoms with Gasteiger partial charge in [-0.05, 0) is 36.6 Å². The summed E-state index contributed by atoms with van der Waals surface area (Å²) < 4.78 is 5.79. The Morgan fingerprint density at radius 2 is 1.86 bits per heavy atom. The van der Waals surface area contributed by atoms with Gasteiger partial charge in [0.1, 0.15) is 12.4 Å². The summed E-state index contributed by atoms with van der Waals surface area (Å²) in [5, 5.41) is 9.58. The molecule has 2 aromatic rings. The lowest BCUT2D eigenvalue weighted by molar-refractivity contribution is -0.143. The molecule has 0 aliphatic heterocycles. The highest BCUT2D eigenvalue weighted by molar-refractivity contribution is 5.81. The van der Waals surface area contributed by atoms with Crippen LogP contribution in [0.15, 0.2) is 54.6 Å². The second-order valence-electron chi connectivity index (χ2n) is 5.69. The third-order valence-electron chi connectivity index (χ3n) is 3.94. The SMILES string of the molecule is CCCC(C)(C(=O)O)c1cccc(OCc2ccccc2)c1. The van der Waals surface area contributed by atoms with Crippen LogP contribution in [0.4, 0.5) is 0 Å². The first kappa shape index (κ1) is 16.1. The molecule has 0 aromatic heterocycles. The molecule has 0 aliphatic rings. The minimum absolute atomic E-state index is 0.474. The molecule has 0 radical (unpaired) electrons. The van der Waals surface area contributed by atoms with E-state index in [1.165, 1.54) is 0 Å². The summed E-state index contributed by atoms with van der Waals surface area (Å²) in [5.74, 6) is -0.0977. The number of carboxylic acid groups (broad SMARTS) is 1. The molecule has 0 spiro atoms. The first-order chi connectivity index (χ1) is 10.6. The Balaban J connectivity index is 2.17. The summed E-state index contributed by atoms with van der Waals surface area (Å²) in [7, 11) is 0. The monoisotopic (exact) mass is 298 g/mol. The van der Waals surface area contributed by atoms with Crippen molar-refractivity contribution in [1.82, 2.24) is 0 Å². The van der Waals surface area contributed by atoms with Crippen molar-refractivity contribution in [1.29, 1.82) is 0 Å². The van der Waals surface area contributed by atoms with Crippen LogP contribution in [0.2, 0.25) is 0 Å². The number of rotatable bonds is 7. The van der Waals surface area contributed by atoms with Crippen molar-refractivity contribution in [2.75, 3.05) is 0 Å². The molecule has 1 unspecified atom stereocenters. The highest BCUT2D eigenvalue weighted by atomic mass is 16.5. The third kappa shape index (κ3) is 3.67. The molecular weight excluding hydrogens is 276 g/mol. The minimum atomic E-state index is -0.874. The zero-order valence-corrected chi connectivity index (χ0v) is 13.1. The third-order valence-corrected chi connectivity index (χ3v) is 3.94. The summed E-state index contributed by atoms with van der Waals surface area (Å²) >= 11 is 0. The molecule has 2 rings (SSSR count). The van der Waals surface area contributed by atoms with Crippen molar-refractivity contribution < 1.29 is 14.6 Å². The second kappa shape index (κ2) is 7.12. The van der Waals surface area contributed by atoms with Crippen LogP contribution < -0.4 is 4.74 Å². The summed E-state index contributed by atoms with van der Waals surface area (Å²) in [4.78, 5) is 11.7. The van der Waals surface area contributed by atoms with Crippen LogP contribution in [-0.2, 0) is 16.8 Å². The fourth-order valence-electron chi connectivity index (χ4n) is 2.54. The van der Waals surface area contributed by atoms with Gasteiger partial charge < -0.3 is 9.84 Å². The van der Waals surface area contributed by atoms with Crippen LogP contribution in [0.5, 0.6) is 5.75 Å². The normalized spacial score (nSPS) is 13.4. The summed E-state index contributed by atoms with van der Waals surface area (Å²) in [6, 6.07) is 17.3. The number of hydrogen-bond donors (Lipinski definition) is 1. The van der Waals surface area contributed by atoms with Crippen molar-refractivity contribution in [3.8, 4) is 5.75 Å². The van der Waals surface area contributed by atoms with E-state index in [4.69, 9.17) is 4.74 Å². The van der Waals surface area contributed by atoms with Crippen molar-refractivity contribution in [3.63, 3.8) is 0 Å². The van der Waals surface area contributed by atoms with Crippen molar-refractivity contribution in [2.24, 2.45) is 0 Å². The standard InChI is InChI=1S/C19H22O3/c1-3-12-19(2,18(20)21)16-10-7-11-17(13-16)22-14-15-8-5-4-6-9-15/h4-11,13H,3,12,14H2,1-2H3,(H,20,21). The highest BCUT2D eigenvalue weighted by Gasteiger charge is 2.34. The maximum atomic E-state index is 11.7. The predicted octanol–water partition coefficient (Wildman–Crippen LogP) is 4.41. The van der Waals surface area contributed by atoms with Crippen molar-refractivity contribution in [2.45, 2.75) is 38.7 Å². The molecule has 0 aliphatic carbocycles. The molecule has 0 fully saturated rings. The first-order valence-electron chi connectivity index (χ1n) is 7.57. The Bertz CT molecular complexity index is 622. The van der Waals surface area contributed by atoms with Crippen LogP contribution in [0.25, 0.3) is 0 Å². The lowest BCUT2D eigenvalue weighted by atomic mass is 9.79. The molecule has 0 bridgehead atoms. The Kier molecular flexibility index (Phi) is 5.21. The number of aliphatic carboxylic acids is 1. The summed E-state index contributed by atoms with van der Waals surface area (Å²) in [6.45, 7) is 4.24. The van der Waals surface area contributed by atoms with E-state index in [9.17, 15) is 9.90 Å². The second-order valence-corrected chi connectivity index (χ2v) is 5.69. The molecule has 0 amide bonds. The molecule has 3 heteroatoms. The van der Waals surface area contributed by atoms with E-state index in [1.807, 2.05) is 61.5 Å². The van der Waals surface area contributed by atoms with Gasteiger partial charge in [-0.2, -0.15) is 0 Å². The molecule has 1 N–H and O–H groups in total. The van der Waals surface area contributed by atoms with Gasteiger partial charge in [0.05, 0.1) is 5.41 Å². The van der Waals surface area contributed by atoms with E-state index in [2.05, 4.69) is 0 Å². The predicted molar refractivity (Wildman–Crippen MR) is 87.1 cm³/mol. The van der Waals surface area contributed by atoms with E-state index < -0.39 is 11.4 Å².